The minimum Gasteiger partial charge on any atom is -0.299 e. The highest BCUT2D eigenvalue weighted by Gasteiger charge is 2.18. The number of aromatic nitrogens is 2. The smallest absolute Gasteiger partial charge is 0.0715 e. The molecule has 0 spiro atoms. The molecule has 49 heavy (non-hydrogen) atoms. The van der Waals surface area contributed by atoms with Gasteiger partial charge in [0.25, 0.3) is 0 Å². The van der Waals surface area contributed by atoms with Crippen molar-refractivity contribution in [3.05, 3.63) is 187 Å². The second-order valence-corrected chi connectivity index (χ2v) is 12.6. The molecule has 0 N–H and O–H groups in total. The van der Waals surface area contributed by atoms with Crippen LogP contribution in [0.4, 0.5) is 0 Å². The van der Waals surface area contributed by atoms with E-state index >= 15 is 0 Å². The topological polar surface area (TPSA) is 29.0 Å². The molecule has 0 radical (unpaired) electrons. The predicted molar refractivity (Wildman–Crippen MR) is 206 cm³/mol. The third kappa shape index (κ3) is 7.33. The Labute approximate surface area is 289 Å². The molecule has 0 aliphatic rings. The number of likely N-dealkylation sites (N-methyl/N-ethyl adjacent to an activating group) is 1. The Kier molecular flexibility index (Phi) is 9.36. The van der Waals surface area contributed by atoms with Crippen LogP contribution in [0.2, 0.25) is 0 Å². The van der Waals surface area contributed by atoms with Gasteiger partial charge in [-0.2, -0.15) is 0 Å². The van der Waals surface area contributed by atoms with Gasteiger partial charge in [-0.05, 0) is 102 Å². The molecule has 1 atom stereocenters. The summed E-state index contributed by atoms with van der Waals surface area (Å²) in [6, 6.07) is 57.6. The quantitative estimate of drug-likeness (QED) is 0.158. The summed E-state index contributed by atoms with van der Waals surface area (Å²) < 4.78 is 0. The van der Waals surface area contributed by atoms with E-state index in [0.717, 1.165) is 50.5 Å². The fourth-order valence-corrected chi connectivity index (χ4v) is 6.32. The van der Waals surface area contributed by atoms with Gasteiger partial charge in [-0.25, -0.2) is 4.98 Å². The van der Waals surface area contributed by atoms with Crippen LogP contribution in [-0.4, -0.2) is 29.0 Å². The van der Waals surface area contributed by atoms with Gasteiger partial charge in [0.15, 0.2) is 0 Å². The summed E-state index contributed by atoms with van der Waals surface area (Å²) in [6.45, 7) is 2.20. The van der Waals surface area contributed by atoms with E-state index in [4.69, 9.17) is 9.97 Å². The van der Waals surface area contributed by atoms with Gasteiger partial charge in [0.1, 0.15) is 0 Å². The fourth-order valence-electron chi connectivity index (χ4n) is 6.32. The van der Waals surface area contributed by atoms with Crippen molar-refractivity contribution in [3.63, 3.8) is 0 Å². The van der Waals surface area contributed by atoms with E-state index in [1.54, 1.807) is 0 Å². The lowest BCUT2D eigenvalue weighted by Gasteiger charge is -2.24. The summed E-state index contributed by atoms with van der Waals surface area (Å²) in [4.78, 5) is 12.3. The minimum absolute atomic E-state index is 0.0280. The van der Waals surface area contributed by atoms with Crippen molar-refractivity contribution in [2.45, 2.75) is 13.0 Å². The first-order valence-electron chi connectivity index (χ1n) is 16.7. The van der Waals surface area contributed by atoms with Crippen molar-refractivity contribution in [3.8, 4) is 56.0 Å². The average Bonchev–Trinajstić information content (AvgIpc) is 3.18. The van der Waals surface area contributed by atoms with Gasteiger partial charge >= 0.3 is 0 Å². The highest BCUT2D eigenvalue weighted by molar-refractivity contribution is 5.81. The molecule has 5 aromatic carbocycles. The van der Waals surface area contributed by atoms with Gasteiger partial charge in [0.2, 0.25) is 0 Å². The van der Waals surface area contributed by atoms with E-state index in [0.29, 0.717) is 0 Å². The van der Waals surface area contributed by atoms with E-state index in [1.807, 2.05) is 18.3 Å². The SMILES string of the molecule is C/C(=C\C(c1cc(-c2cc(-c3ccccc3)nc(-c3ccccc3)c2)cc(-c2cc(-c3ccccc3)ccn2)c1)N(C)C)c1ccccc1. The average molecular weight is 634 g/mol. The normalized spacial score (nSPS) is 12.2. The monoisotopic (exact) mass is 633 g/mol. The molecule has 7 aromatic rings. The minimum atomic E-state index is 0.0280. The Morgan fingerprint density at radius 2 is 0.980 bits per heavy atom. The van der Waals surface area contributed by atoms with E-state index in [-0.39, 0.29) is 6.04 Å². The van der Waals surface area contributed by atoms with Crippen LogP contribution in [0.25, 0.3) is 61.6 Å². The first-order chi connectivity index (χ1) is 24.0. The second kappa shape index (κ2) is 14.5. The summed E-state index contributed by atoms with van der Waals surface area (Å²) in [6.07, 6.45) is 4.28. The van der Waals surface area contributed by atoms with Crippen LogP contribution in [0.5, 0.6) is 0 Å². The van der Waals surface area contributed by atoms with Crippen LogP contribution in [0.3, 0.4) is 0 Å². The standard InChI is InChI=1S/C46H39N3/c1-33(34-16-8-4-9-17-34)26-46(49(2)3)42-28-39(27-41(29-42)43-30-38(24-25-47-43)35-18-10-5-11-19-35)40-31-44(36-20-12-6-13-21-36)48-45(32-40)37-22-14-7-15-23-37/h4-32,46H,1-3H3/b33-26+. The highest BCUT2D eigenvalue weighted by atomic mass is 15.1. The molecule has 3 nitrogen and oxygen atoms in total. The van der Waals surface area contributed by atoms with E-state index < -0.39 is 0 Å². The van der Waals surface area contributed by atoms with Crippen molar-refractivity contribution in [2.75, 3.05) is 14.1 Å². The Morgan fingerprint density at radius 3 is 1.55 bits per heavy atom. The molecule has 0 bridgehead atoms. The van der Waals surface area contributed by atoms with Gasteiger partial charge in [0.05, 0.1) is 23.1 Å². The van der Waals surface area contributed by atoms with Crippen molar-refractivity contribution in [2.24, 2.45) is 0 Å². The molecule has 0 saturated carbocycles. The van der Waals surface area contributed by atoms with Crippen LogP contribution >= 0.6 is 0 Å². The Hall–Kier alpha value is -5.90. The van der Waals surface area contributed by atoms with Crippen LogP contribution in [-0.2, 0) is 0 Å². The van der Waals surface area contributed by atoms with E-state index in [2.05, 4.69) is 184 Å². The molecule has 3 heteroatoms. The Morgan fingerprint density at radius 1 is 0.490 bits per heavy atom. The number of nitrogens with zero attached hydrogens (tertiary/aromatic N) is 3. The van der Waals surface area contributed by atoms with Crippen LogP contribution in [0.15, 0.2) is 176 Å². The van der Waals surface area contributed by atoms with E-state index in [1.165, 1.54) is 22.3 Å². The van der Waals surface area contributed by atoms with Crippen molar-refractivity contribution < 1.29 is 0 Å². The summed E-state index contributed by atoms with van der Waals surface area (Å²) in [7, 11) is 4.29. The fraction of sp³-hybridized carbons (Fsp3) is 0.0870. The summed E-state index contributed by atoms with van der Waals surface area (Å²) in [5, 5.41) is 0. The maximum absolute atomic E-state index is 5.15. The lowest BCUT2D eigenvalue weighted by atomic mass is 9.91. The molecular weight excluding hydrogens is 595 g/mol. The predicted octanol–water partition coefficient (Wildman–Crippen LogP) is 11.5. The zero-order chi connectivity index (χ0) is 33.6. The number of rotatable bonds is 9. The molecule has 0 aliphatic carbocycles. The molecule has 0 saturated heterocycles. The molecule has 1 unspecified atom stereocenters. The van der Waals surface area contributed by atoms with Crippen molar-refractivity contribution in [1.29, 1.82) is 0 Å². The molecule has 0 fully saturated rings. The summed E-state index contributed by atoms with van der Waals surface area (Å²) >= 11 is 0. The Balaban J connectivity index is 1.44. The molecule has 2 heterocycles. The molecule has 0 aliphatic heterocycles. The van der Waals surface area contributed by atoms with Gasteiger partial charge in [-0.1, -0.05) is 127 Å². The summed E-state index contributed by atoms with van der Waals surface area (Å²) in [5.41, 5.74) is 14.2. The molecule has 7 rings (SSSR count). The zero-order valence-electron chi connectivity index (χ0n) is 28.2. The number of hydrogen-bond donors (Lipinski definition) is 0. The number of allylic oxidation sites excluding steroid dienone is 1. The van der Waals surface area contributed by atoms with Crippen molar-refractivity contribution in [1.82, 2.24) is 14.9 Å². The van der Waals surface area contributed by atoms with Gasteiger partial charge < -0.3 is 0 Å². The summed E-state index contributed by atoms with van der Waals surface area (Å²) in [5.74, 6) is 0. The van der Waals surface area contributed by atoms with Gasteiger partial charge in [-0.15, -0.1) is 0 Å². The lowest BCUT2D eigenvalue weighted by molar-refractivity contribution is 0.352. The Bertz CT molecular complexity index is 2130. The zero-order valence-corrected chi connectivity index (χ0v) is 28.2. The first-order valence-corrected chi connectivity index (χ1v) is 16.7. The first kappa shape index (κ1) is 31.7. The largest absolute Gasteiger partial charge is 0.299 e. The third-order valence-corrected chi connectivity index (χ3v) is 8.95. The molecule has 238 valence electrons. The van der Waals surface area contributed by atoms with Gasteiger partial charge in [0, 0.05) is 22.9 Å². The molecule has 0 amide bonds. The van der Waals surface area contributed by atoms with E-state index in [9.17, 15) is 0 Å². The molecular formula is C46H39N3. The van der Waals surface area contributed by atoms with Gasteiger partial charge in [-0.3, -0.25) is 9.88 Å². The lowest BCUT2D eigenvalue weighted by Crippen LogP contribution is -2.18. The number of benzene rings is 5. The van der Waals surface area contributed by atoms with Crippen LogP contribution in [0, 0.1) is 0 Å². The van der Waals surface area contributed by atoms with Crippen LogP contribution in [0.1, 0.15) is 24.1 Å². The number of hydrogen-bond acceptors (Lipinski definition) is 3. The highest BCUT2D eigenvalue weighted by Crippen LogP contribution is 2.37. The maximum Gasteiger partial charge on any atom is 0.0715 e. The number of pyridine rings is 2. The second-order valence-electron chi connectivity index (χ2n) is 12.6. The third-order valence-electron chi connectivity index (χ3n) is 8.95. The maximum atomic E-state index is 5.15. The molecule has 2 aromatic heterocycles. The van der Waals surface area contributed by atoms with Crippen molar-refractivity contribution >= 4 is 5.57 Å². The van der Waals surface area contributed by atoms with Crippen LogP contribution < -0.4 is 0 Å².